The molecule has 1 aliphatic heterocycles. The van der Waals surface area contributed by atoms with Crippen molar-refractivity contribution in [3.8, 4) is 11.5 Å². The van der Waals surface area contributed by atoms with E-state index >= 15 is 0 Å². The minimum absolute atomic E-state index is 0.249. The highest BCUT2D eigenvalue weighted by Crippen LogP contribution is 2.34. The number of likely N-dealkylation sites (tertiary alicyclic amines) is 1. The number of carbonyl (C=O) groups excluding carboxylic acids is 1. The second-order valence-corrected chi connectivity index (χ2v) is 7.44. The molecule has 1 fully saturated rings. The number of carbonyl (C=O) groups is 1. The van der Waals surface area contributed by atoms with Crippen LogP contribution < -0.4 is 9.47 Å². The molecule has 0 aliphatic carbocycles. The van der Waals surface area contributed by atoms with Crippen LogP contribution in [-0.2, 0) is 11.2 Å². The maximum Gasteiger partial charge on any atom is 0.223 e. The van der Waals surface area contributed by atoms with Gasteiger partial charge in [0.2, 0.25) is 5.91 Å². The Morgan fingerprint density at radius 3 is 2.39 bits per heavy atom. The summed E-state index contributed by atoms with van der Waals surface area (Å²) >= 11 is 0. The average Bonchev–Trinajstić information content (AvgIpc) is 3.22. The van der Waals surface area contributed by atoms with Crippen LogP contribution in [0.25, 0.3) is 0 Å². The summed E-state index contributed by atoms with van der Waals surface area (Å²) in [7, 11) is 3.29. The highest BCUT2D eigenvalue weighted by atomic mass is 16.5. The summed E-state index contributed by atoms with van der Waals surface area (Å²) < 4.78 is 10.7. The van der Waals surface area contributed by atoms with Crippen LogP contribution in [0.5, 0.6) is 11.5 Å². The number of benzene rings is 2. The zero-order chi connectivity index (χ0) is 19.9. The van der Waals surface area contributed by atoms with Gasteiger partial charge in [-0.05, 0) is 48.9 Å². The smallest absolute Gasteiger partial charge is 0.223 e. The van der Waals surface area contributed by atoms with E-state index in [0.29, 0.717) is 24.8 Å². The molecule has 150 valence electrons. The summed E-state index contributed by atoms with van der Waals surface area (Å²) in [6.07, 6.45) is 4.43. The van der Waals surface area contributed by atoms with E-state index in [2.05, 4.69) is 42.2 Å². The van der Waals surface area contributed by atoms with Gasteiger partial charge in [-0.2, -0.15) is 0 Å². The van der Waals surface area contributed by atoms with E-state index in [1.54, 1.807) is 14.2 Å². The highest BCUT2D eigenvalue weighted by molar-refractivity contribution is 5.77. The van der Waals surface area contributed by atoms with E-state index in [4.69, 9.17) is 9.47 Å². The Morgan fingerprint density at radius 1 is 1.11 bits per heavy atom. The van der Waals surface area contributed by atoms with Gasteiger partial charge in [0, 0.05) is 31.0 Å². The number of methoxy groups -OCH3 is 2. The molecule has 3 rings (SSSR count). The second kappa shape index (κ2) is 9.63. The third-order valence-electron chi connectivity index (χ3n) is 5.79. The molecule has 2 aromatic rings. The lowest BCUT2D eigenvalue weighted by Crippen LogP contribution is -2.39. The first-order valence-corrected chi connectivity index (χ1v) is 10.2. The number of hydrogen-bond acceptors (Lipinski definition) is 3. The van der Waals surface area contributed by atoms with Gasteiger partial charge in [0.25, 0.3) is 0 Å². The van der Waals surface area contributed by atoms with Crippen molar-refractivity contribution >= 4 is 5.91 Å². The highest BCUT2D eigenvalue weighted by Gasteiger charge is 2.34. The van der Waals surface area contributed by atoms with Crippen molar-refractivity contribution in [2.45, 2.75) is 51.0 Å². The molecule has 0 unspecified atom stereocenters. The van der Waals surface area contributed by atoms with Gasteiger partial charge in [-0.25, -0.2) is 0 Å². The van der Waals surface area contributed by atoms with E-state index in [0.717, 1.165) is 42.9 Å². The molecule has 0 radical (unpaired) electrons. The molecule has 0 spiro atoms. The van der Waals surface area contributed by atoms with Gasteiger partial charge in [-0.3, -0.25) is 4.79 Å². The second-order valence-electron chi connectivity index (χ2n) is 7.44. The van der Waals surface area contributed by atoms with E-state index < -0.39 is 0 Å². The average molecular weight is 382 g/mol. The SMILES string of the molecule is CC[C@@H](c1ccccc1)[C@@H]1CCCN1C(=O)CCc1cc(OC)cc(OC)c1. The van der Waals surface area contributed by atoms with Gasteiger partial charge in [-0.15, -0.1) is 0 Å². The minimum Gasteiger partial charge on any atom is -0.497 e. The third-order valence-corrected chi connectivity index (χ3v) is 5.79. The Hall–Kier alpha value is -2.49. The summed E-state index contributed by atoms with van der Waals surface area (Å²) in [4.78, 5) is 15.2. The van der Waals surface area contributed by atoms with Crippen molar-refractivity contribution in [2.24, 2.45) is 0 Å². The number of amides is 1. The minimum atomic E-state index is 0.249. The molecule has 1 heterocycles. The van der Waals surface area contributed by atoms with Crippen LogP contribution in [0.2, 0.25) is 0 Å². The molecule has 2 aromatic carbocycles. The standard InChI is InChI=1S/C24H31NO3/c1-4-22(19-9-6-5-7-10-19)23-11-8-14-25(23)24(26)13-12-18-15-20(27-2)17-21(16-18)28-3/h5-7,9-10,15-17,22-23H,4,8,11-14H2,1-3H3/t22-,23-/m0/s1. The maximum absolute atomic E-state index is 13.1. The first-order valence-electron chi connectivity index (χ1n) is 10.2. The van der Waals surface area contributed by atoms with Crippen molar-refractivity contribution in [3.05, 3.63) is 59.7 Å². The van der Waals surface area contributed by atoms with Crippen LogP contribution in [0.15, 0.2) is 48.5 Å². The van der Waals surface area contributed by atoms with Gasteiger partial charge in [-0.1, -0.05) is 37.3 Å². The Balaban J connectivity index is 1.68. The quantitative estimate of drug-likeness (QED) is 0.658. The predicted octanol–water partition coefficient (Wildman–Crippen LogP) is 4.82. The summed E-state index contributed by atoms with van der Waals surface area (Å²) in [6.45, 7) is 3.09. The van der Waals surface area contributed by atoms with Crippen LogP contribution in [0.3, 0.4) is 0 Å². The van der Waals surface area contributed by atoms with E-state index in [-0.39, 0.29) is 5.91 Å². The molecule has 2 atom stereocenters. The van der Waals surface area contributed by atoms with Crippen LogP contribution in [0, 0.1) is 0 Å². The van der Waals surface area contributed by atoms with E-state index in [1.165, 1.54) is 5.56 Å². The van der Waals surface area contributed by atoms with Crippen LogP contribution in [-0.4, -0.2) is 37.6 Å². The molecule has 0 bridgehead atoms. The van der Waals surface area contributed by atoms with Gasteiger partial charge in [0.05, 0.1) is 14.2 Å². The van der Waals surface area contributed by atoms with Crippen LogP contribution in [0.1, 0.15) is 49.7 Å². The Kier molecular flexibility index (Phi) is 6.96. The molecular weight excluding hydrogens is 350 g/mol. The molecule has 4 nitrogen and oxygen atoms in total. The summed E-state index contributed by atoms with van der Waals surface area (Å²) in [5.41, 5.74) is 2.41. The number of ether oxygens (including phenoxy) is 2. The fraction of sp³-hybridized carbons (Fsp3) is 0.458. The van der Waals surface area contributed by atoms with Crippen molar-refractivity contribution in [3.63, 3.8) is 0 Å². The normalized spacial score (nSPS) is 17.4. The third kappa shape index (κ3) is 4.67. The fourth-order valence-electron chi connectivity index (χ4n) is 4.36. The lowest BCUT2D eigenvalue weighted by Gasteiger charge is -2.32. The molecule has 4 heteroatoms. The molecule has 0 N–H and O–H groups in total. The van der Waals surface area contributed by atoms with Crippen molar-refractivity contribution in [1.29, 1.82) is 0 Å². The van der Waals surface area contributed by atoms with Crippen molar-refractivity contribution in [1.82, 2.24) is 4.90 Å². The number of hydrogen-bond donors (Lipinski definition) is 0. The Bertz CT molecular complexity index is 752. The lowest BCUT2D eigenvalue weighted by atomic mass is 9.87. The molecule has 1 amide bonds. The zero-order valence-electron chi connectivity index (χ0n) is 17.2. The van der Waals surface area contributed by atoms with Crippen molar-refractivity contribution in [2.75, 3.05) is 20.8 Å². The van der Waals surface area contributed by atoms with Crippen molar-refractivity contribution < 1.29 is 14.3 Å². The fourth-order valence-corrected chi connectivity index (χ4v) is 4.36. The zero-order valence-corrected chi connectivity index (χ0v) is 17.2. The van der Waals surface area contributed by atoms with Gasteiger partial charge >= 0.3 is 0 Å². The number of nitrogens with zero attached hydrogens (tertiary/aromatic N) is 1. The monoisotopic (exact) mass is 381 g/mol. The van der Waals surface area contributed by atoms with Gasteiger partial charge < -0.3 is 14.4 Å². The van der Waals surface area contributed by atoms with Gasteiger partial charge in [0.1, 0.15) is 11.5 Å². The summed E-state index contributed by atoms with van der Waals surface area (Å²) in [5.74, 6) is 2.18. The molecule has 1 aliphatic rings. The first-order chi connectivity index (χ1) is 13.7. The summed E-state index contributed by atoms with van der Waals surface area (Å²) in [5, 5.41) is 0. The van der Waals surface area contributed by atoms with Crippen LogP contribution in [0.4, 0.5) is 0 Å². The van der Waals surface area contributed by atoms with Crippen LogP contribution >= 0.6 is 0 Å². The first kappa shape index (κ1) is 20.2. The van der Waals surface area contributed by atoms with E-state index in [9.17, 15) is 4.79 Å². The molecule has 0 saturated carbocycles. The summed E-state index contributed by atoms with van der Waals surface area (Å²) in [6, 6.07) is 16.7. The largest absolute Gasteiger partial charge is 0.497 e. The molecule has 0 aromatic heterocycles. The Labute approximate surface area is 168 Å². The molecular formula is C24H31NO3. The maximum atomic E-state index is 13.1. The van der Waals surface area contributed by atoms with Gasteiger partial charge in [0.15, 0.2) is 0 Å². The number of rotatable bonds is 8. The lowest BCUT2D eigenvalue weighted by molar-refractivity contribution is -0.132. The van der Waals surface area contributed by atoms with E-state index in [1.807, 2.05) is 18.2 Å². The molecule has 28 heavy (non-hydrogen) atoms. The Morgan fingerprint density at radius 2 is 1.79 bits per heavy atom. The predicted molar refractivity (Wildman–Crippen MR) is 112 cm³/mol. The molecule has 1 saturated heterocycles. The number of aryl methyl sites for hydroxylation is 1. The topological polar surface area (TPSA) is 38.8 Å².